The Morgan fingerprint density at radius 2 is 2.28 bits per heavy atom. The molecular weight excluding hydrogens is 236 g/mol. The molecule has 2 N–H and O–H groups in total. The summed E-state index contributed by atoms with van der Waals surface area (Å²) in [6.45, 7) is 1.35. The molecule has 1 unspecified atom stereocenters. The first-order valence-corrected chi connectivity index (χ1v) is 5.47. The zero-order valence-electron chi connectivity index (χ0n) is 10.3. The van der Waals surface area contributed by atoms with E-state index in [1.807, 2.05) is 13.0 Å². The number of carbonyl (C=O) groups is 2. The van der Waals surface area contributed by atoms with Crippen molar-refractivity contribution in [2.75, 3.05) is 13.7 Å². The number of amides is 1. The summed E-state index contributed by atoms with van der Waals surface area (Å²) in [6, 6.07) is 2.59. The molecule has 6 heteroatoms. The lowest BCUT2D eigenvalue weighted by molar-refractivity contribution is -0.146. The average molecular weight is 252 g/mol. The van der Waals surface area contributed by atoms with Gasteiger partial charge in [-0.1, -0.05) is 6.07 Å². The number of hydrogen-bond acceptors (Lipinski definition) is 5. The first kappa shape index (κ1) is 14.1. The molecule has 1 aromatic rings. The van der Waals surface area contributed by atoms with E-state index in [1.165, 1.54) is 7.11 Å². The maximum absolute atomic E-state index is 11.7. The van der Waals surface area contributed by atoms with Gasteiger partial charge in [0.25, 0.3) is 0 Å². The van der Waals surface area contributed by atoms with Crippen molar-refractivity contribution in [1.29, 1.82) is 0 Å². The Morgan fingerprint density at radius 3 is 2.83 bits per heavy atom. The second-order valence-electron chi connectivity index (χ2n) is 3.77. The number of pyridine rings is 1. The van der Waals surface area contributed by atoms with Gasteiger partial charge < -0.3 is 15.2 Å². The molecular formula is C12H16N2O4. The highest BCUT2D eigenvalue weighted by atomic mass is 16.5. The first-order valence-electron chi connectivity index (χ1n) is 5.47. The molecule has 0 fully saturated rings. The Balaban J connectivity index is 2.61. The van der Waals surface area contributed by atoms with Gasteiger partial charge in [-0.05, 0) is 18.6 Å². The Labute approximate surface area is 105 Å². The van der Waals surface area contributed by atoms with Gasteiger partial charge in [0.2, 0.25) is 5.91 Å². The third-order valence-electron chi connectivity index (χ3n) is 2.45. The van der Waals surface area contributed by atoms with Crippen LogP contribution in [0.3, 0.4) is 0 Å². The lowest BCUT2D eigenvalue weighted by atomic mass is 10.1. The number of rotatable bonds is 5. The van der Waals surface area contributed by atoms with E-state index < -0.39 is 18.6 Å². The van der Waals surface area contributed by atoms with Crippen LogP contribution in [0.5, 0.6) is 0 Å². The minimum atomic E-state index is -1.04. The van der Waals surface area contributed by atoms with Crippen molar-refractivity contribution in [2.45, 2.75) is 19.4 Å². The molecule has 0 saturated carbocycles. The summed E-state index contributed by atoms with van der Waals surface area (Å²) >= 11 is 0. The topological polar surface area (TPSA) is 88.5 Å². The Bertz CT molecular complexity index is 434. The SMILES string of the molecule is COC(=O)C(CO)NC(=O)Cc1ncccc1C. The summed E-state index contributed by atoms with van der Waals surface area (Å²) in [4.78, 5) is 26.9. The van der Waals surface area contributed by atoms with Crippen molar-refractivity contribution >= 4 is 11.9 Å². The predicted molar refractivity (Wildman–Crippen MR) is 63.7 cm³/mol. The molecule has 1 rings (SSSR count). The molecule has 0 aromatic carbocycles. The lowest BCUT2D eigenvalue weighted by Gasteiger charge is -2.13. The van der Waals surface area contributed by atoms with Crippen LogP contribution in [0.2, 0.25) is 0 Å². The number of aromatic nitrogens is 1. The average Bonchev–Trinajstić information content (AvgIpc) is 2.37. The van der Waals surface area contributed by atoms with Gasteiger partial charge in [0.05, 0.1) is 25.8 Å². The van der Waals surface area contributed by atoms with Crippen molar-refractivity contribution in [3.05, 3.63) is 29.6 Å². The molecule has 1 heterocycles. The predicted octanol–water partition coefficient (Wildman–Crippen LogP) is -0.417. The molecule has 0 aliphatic carbocycles. The Kier molecular flexibility index (Phi) is 5.26. The van der Waals surface area contributed by atoms with E-state index in [1.54, 1.807) is 12.3 Å². The van der Waals surface area contributed by atoms with Gasteiger partial charge in [0.1, 0.15) is 0 Å². The highest BCUT2D eigenvalue weighted by Gasteiger charge is 2.20. The quantitative estimate of drug-likeness (QED) is 0.695. The van der Waals surface area contributed by atoms with Crippen LogP contribution < -0.4 is 5.32 Å². The zero-order chi connectivity index (χ0) is 13.5. The Hall–Kier alpha value is -1.95. The highest BCUT2D eigenvalue weighted by molar-refractivity contribution is 5.85. The monoisotopic (exact) mass is 252 g/mol. The molecule has 1 atom stereocenters. The number of methoxy groups -OCH3 is 1. The summed E-state index contributed by atoms with van der Waals surface area (Å²) in [6.07, 6.45) is 1.65. The van der Waals surface area contributed by atoms with Crippen LogP contribution in [0.25, 0.3) is 0 Å². The van der Waals surface area contributed by atoms with Crippen molar-refractivity contribution in [2.24, 2.45) is 0 Å². The number of aliphatic hydroxyl groups is 1. The third-order valence-corrected chi connectivity index (χ3v) is 2.45. The van der Waals surface area contributed by atoms with Crippen molar-refractivity contribution in [3.63, 3.8) is 0 Å². The van der Waals surface area contributed by atoms with Gasteiger partial charge >= 0.3 is 5.97 Å². The first-order chi connectivity index (χ1) is 8.58. The Morgan fingerprint density at radius 1 is 1.56 bits per heavy atom. The van der Waals surface area contributed by atoms with Crippen LogP contribution in [-0.4, -0.2) is 41.7 Å². The van der Waals surface area contributed by atoms with Crippen LogP contribution in [0.15, 0.2) is 18.3 Å². The molecule has 6 nitrogen and oxygen atoms in total. The van der Waals surface area contributed by atoms with Gasteiger partial charge in [0, 0.05) is 6.20 Å². The fourth-order valence-corrected chi connectivity index (χ4v) is 1.42. The number of hydrogen-bond donors (Lipinski definition) is 2. The van der Waals surface area contributed by atoms with E-state index in [4.69, 9.17) is 5.11 Å². The van der Waals surface area contributed by atoms with E-state index >= 15 is 0 Å². The molecule has 1 aromatic heterocycles. The highest BCUT2D eigenvalue weighted by Crippen LogP contribution is 2.04. The van der Waals surface area contributed by atoms with Gasteiger partial charge in [-0.15, -0.1) is 0 Å². The van der Waals surface area contributed by atoms with Gasteiger partial charge in [-0.2, -0.15) is 0 Å². The van der Waals surface area contributed by atoms with E-state index in [0.29, 0.717) is 5.69 Å². The lowest BCUT2D eigenvalue weighted by Crippen LogP contribution is -2.44. The van der Waals surface area contributed by atoms with Crippen LogP contribution >= 0.6 is 0 Å². The maximum atomic E-state index is 11.7. The molecule has 18 heavy (non-hydrogen) atoms. The number of aliphatic hydroxyl groups excluding tert-OH is 1. The largest absolute Gasteiger partial charge is 0.467 e. The molecule has 0 spiro atoms. The second-order valence-corrected chi connectivity index (χ2v) is 3.77. The number of nitrogens with one attached hydrogen (secondary N) is 1. The summed E-state index contributed by atoms with van der Waals surface area (Å²) in [5.41, 5.74) is 1.53. The molecule has 0 radical (unpaired) electrons. The molecule has 1 amide bonds. The minimum Gasteiger partial charge on any atom is -0.467 e. The van der Waals surface area contributed by atoms with E-state index in [0.717, 1.165) is 5.56 Å². The van der Waals surface area contributed by atoms with E-state index in [2.05, 4.69) is 15.0 Å². The number of ether oxygens (including phenoxy) is 1. The summed E-state index contributed by atoms with van der Waals surface area (Å²) in [5, 5.41) is 11.4. The molecule has 0 bridgehead atoms. The molecule has 98 valence electrons. The number of aryl methyl sites for hydroxylation is 1. The number of carbonyl (C=O) groups excluding carboxylic acids is 2. The van der Waals surface area contributed by atoms with Crippen molar-refractivity contribution < 1.29 is 19.4 Å². The standard InChI is InChI=1S/C12H16N2O4/c1-8-4-3-5-13-9(8)6-11(16)14-10(7-15)12(17)18-2/h3-5,10,15H,6-7H2,1-2H3,(H,14,16). The third kappa shape index (κ3) is 3.81. The molecule has 0 saturated heterocycles. The van der Waals surface area contributed by atoms with Gasteiger partial charge in [-0.3, -0.25) is 9.78 Å². The van der Waals surface area contributed by atoms with E-state index in [-0.39, 0.29) is 12.3 Å². The van der Waals surface area contributed by atoms with Crippen molar-refractivity contribution in [3.8, 4) is 0 Å². The minimum absolute atomic E-state index is 0.0557. The van der Waals surface area contributed by atoms with Crippen LogP contribution in [0.4, 0.5) is 0 Å². The maximum Gasteiger partial charge on any atom is 0.330 e. The number of nitrogens with zero attached hydrogens (tertiary/aromatic N) is 1. The van der Waals surface area contributed by atoms with Crippen LogP contribution in [-0.2, 0) is 20.7 Å². The molecule has 0 aliphatic rings. The van der Waals surface area contributed by atoms with Gasteiger partial charge in [0.15, 0.2) is 6.04 Å². The van der Waals surface area contributed by atoms with E-state index in [9.17, 15) is 9.59 Å². The fourth-order valence-electron chi connectivity index (χ4n) is 1.42. The summed E-state index contributed by atoms with van der Waals surface area (Å²) in [7, 11) is 1.19. The zero-order valence-corrected chi connectivity index (χ0v) is 10.3. The summed E-state index contributed by atoms with van der Waals surface area (Å²) < 4.78 is 4.45. The fraction of sp³-hybridized carbons (Fsp3) is 0.417. The second kappa shape index (κ2) is 6.70. The van der Waals surface area contributed by atoms with Crippen LogP contribution in [0.1, 0.15) is 11.3 Å². The normalized spacial score (nSPS) is 11.7. The summed E-state index contributed by atoms with van der Waals surface area (Å²) in [5.74, 6) is -1.06. The smallest absolute Gasteiger partial charge is 0.330 e. The molecule has 0 aliphatic heterocycles. The number of esters is 1. The van der Waals surface area contributed by atoms with Gasteiger partial charge in [-0.25, -0.2) is 4.79 Å². The van der Waals surface area contributed by atoms with Crippen LogP contribution in [0, 0.1) is 6.92 Å². The van der Waals surface area contributed by atoms with Crippen molar-refractivity contribution in [1.82, 2.24) is 10.3 Å².